The summed E-state index contributed by atoms with van der Waals surface area (Å²) in [6, 6.07) is 0. The van der Waals surface area contributed by atoms with Gasteiger partial charge in [-0.25, -0.2) is 8.42 Å². The Labute approximate surface area is 143 Å². The molecule has 0 aliphatic rings. The number of carbonyl (C=O) groups is 1. The minimum absolute atomic E-state index is 1.00. The largest absolute Gasteiger partial charge is 0.741 e. The Bertz CT molecular complexity index is 451. The van der Waals surface area contributed by atoms with Crippen molar-refractivity contribution in [3.05, 3.63) is 0 Å². The lowest BCUT2D eigenvalue weighted by atomic mass is 10.7. The summed E-state index contributed by atoms with van der Waals surface area (Å²) in [5.74, 6) is -3.01. The van der Waals surface area contributed by atoms with E-state index in [0.717, 1.165) is 8.97 Å². The molecule has 0 aromatic heterocycles. The van der Waals surface area contributed by atoms with E-state index in [1.807, 2.05) is 0 Å². The fraction of sp³-hybridized carbons (Fsp3) is 0.909. The first-order chi connectivity index (χ1) is 10.2. The van der Waals surface area contributed by atoms with Crippen LogP contribution in [0, 0.1) is 0 Å². The number of alkyl halides is 6. The van der Waals surface area contributed by atoms with E-state index in [1.165, 1.54) is 0 Å². The first kappa shape index (κ1) is 31.6. The topological polar surface area (TPSA) is 97.3 Å². The van der Waals surface area contributed by atoms with Crippen molar-refractivity contribution in [3.63, 3.8) is 0 Å². The zero-order valence-electron chi connectivity index (χ0n) is 15.1. The number of halogens is 6. The molecule has 0 spiro atoms. The van der Waals surface area contributed by atoms with Gasteiger partial charge in [-0.15, -0.1) is 0 Å². The summed E-state index contributed by atoms with van der Waals surface area (Å²) in [6.07, 6.45) is -5.19. The van der Waals surface area contributed by atoms with E-state index < -0.39 is 27.8 Å². The molecule has 7 nitrogen and oxygen atoms in total. The standard InChI is InChI=1S/2C4H12N.C2HF3O2.CHF3O3S/c2*1-5(2,3)4;3-2(4,5)1(6)7;2-1(3,4)8(5,6)7/h2*1-4H3;(H,6,7);(H,5,6,7)/q2*+1;;/p-2. The Balaban J connectivity index is -0.000000120. The quantitative estimate of drug-likeness (QED) is 0.242. The molecule has 0 bridgehead atoms. The summed E-state index contributed by atoms with van der Waals surface area (Å²) < 4.78 is 92.5. The third-order valence-electron chi connectivity index (χ3n) is 0.515. The number of nitrogens with zero attached hydrogens (tertiary/aromatic N) is 2. The maximum atomic E-state index is 10.7. The average molecular weight is 410 g/mol. The van der Waals surface area contributed by atoms with Gasteiger partial charge in [-0.2, -0.15) is 26.3 Å². The molecule has 14 heteroatoms. The molecular formula is C11H24F6N2O5S. The van der Waals surface area contributed by atoms with Crippen LogP contribution in [-0.4, -0.2) is 96.0 Å². The highest BCUT2D eigenvalue weighted by atomic mass is 32.2. The van der Waals surface area contributed by atoms with Gasteiger partial charge in [0.15, 0.2) is 10.1 Å². The summed E-state index contributed by atoms with van der Waals surface area (Å²) in [4.78, 5) is 8.78. The highest BCUT2D eigenvalue weighted by Gasteiger charge is 2.36. The lowest BCUT2D eigenvalue weighted by Gasteiger charge is -2.14. The molecule has 0 aliphatic heterocycles. The van der Waals surface area contributed by atoms with Gasteiger partial charge in [-0.05, 0) is 0 Å². The molecule has 0 aromatic rings. The SMILES string of the molecule is C[N+](C)(C)C.C[N+](C)(C)C.O=C([O-])C(F)(F)F.O=S(=O)([O-])C(F)(F)F. The van der Waals surface area contributed by atoms with Crippen molar-refractivity contribution in [3.8, 4) is 0 Å². The van der Waals surface area contributed by atoms with Gasteiger partial charge in [0, 0.05) is 0 Å². The van der Waals surface area contributed by atoms with Gasteiger partial charge in [-0.1, -0.05) is 0 Å². The van der Waals surface area contributed by atoms with Crippen molar-refractivity contribution in [1.29, 1.82) is 0 Å². The van der Waals surface area contributed by atoms with Crippen LogP contribution in [0.25, 0.3) is 0 Å². The lowest BCUT2D eigenvalue weighted by Crippen LogP contribution is -2.37. The second kappa shape index (κ2) is 10.8. The van der Waals surface area contributed by atoms with Gasteiger partial charge in [-0.3, -0.25) is 0 Å². The van der Waals surface area contributed by atoms with Crippen LogP contribution in [0.3, 0.4) is 0 Å². The third-order valence-corrected chi connectivity index (χ3v) is 1.08. The number of carboxylic acid groups (broad SMARTS) is 1. The monoisotopic (exact) mass is 410 g/mol. The van der Waals surface area contributed by atoms with Crippen LogP contribution in [0.4, 0.5) is 26.3 Å². The predicted molar refractivity (Wildman–Crippen MR) is 74.7 cm³/mol. The first-order valence-electron chi connectivity index (χ1n) is 6.07. The Hall–Kier alpha value is -1.12. The fourth-order valence-corrected chi connectivity index (χ4v) is 0. The zero-order valence-corrected chi connectivity index (χ0v) is 15.9. The van der Waals surface area contributed by atoms with Crippen LogP contribution in [0.15, 0.2) is 0 Å². The van der Waals surface area contributed by atoms with Crippen molar-refractivity contribution >= 4 is 16.1 Å². The predicted octanol–water partition coefficient (Wildman–Crippen LogP) is -0.00520. The summed E-state index contributed by atoms with van der Waals surface area (Å²) in [7, 11) is 10.9. The number of hydrogen-bond donors (Lipinski definition) is 0. The minimum Gasteiger partial charge on any atom is -0.741 e. The highest BCUT2D eigenvalue weighted by molar-refractivity contribution is 7.86. The Morgan fingerprint density at radius 2 is 0.840 bits per heavy atom. The second-order valence-corrected chi connectivity index (χ2v) is 8.42. The minimum atomic E-state index is -6.09. The van der Waals surface area contributed by atoms with E-state index in [2.05, 4.69) is 56.4 Å². The average Bonchev–Trinajstić information content (AvgIpc) is 2.06. The van der Waals surface area contributed by atoms with E-state index in [9.17, 15) is 26.3 Å². The van der Waals surface area contributed by atoms with Crippen LogP contribution in [-0.2, 0) is 14.9 Å². The van der Waals surface area contributed by atoms with E-state index in [1.54, 1.807) is 0 Å². The number of hydrogen-bond acceptors (Lipinski definition) is 5. The maximum absolute atomic E-state index is 10.7. The molecule has 0 saturated carbocycles. The van der Waals surface area contributed by atoms with Gasteiger partial charge >= 0.3 is 11.7 Å². The van der Waals surface area contributed by atoms with Crippen molar-refractivity contribution in [2.24, 2.45) is 0 Å². The molecular weight excluding hydrogens is 386 g/mol. The summed E-state index contributed by atoms with van der Waals surface area (Å²) in [5.41, 5.74) is -5.65. The van der Waals surface area contributed by atoms with Crippen LogP contribution >= 0.6 is 0 Å². The first-order valence-corrected chi connectivity index (χ1v) is 7.48. The van der Waals surface area contributed by atoms with E-state index in [4.69, 9.17) is 22.9 Å². The molecule has 0 fully saturated rings. The molecule has 0 aliphatic carbocycles. The normalized spacial score (nSPS) is 12.4. The molecule has 0 unspecified atom stereocenters. The number of carbonyl (C=O) groups excluding carboxylic acids is 1. The number of aliphatic carboxylic acids is 1. The van der Waals surface area contributed by atoms with Gasteiger partial charge in [0.1, 0.15) is 5.97 Å². The third kappa shape index (κ3) is 51.8. The molecule has 0 aromatic carbocycles. The van der Waals surface area contributed by atoms with Gasteiger partial charge in [0.2, 0.25) is 0 Å². The molecule has 0 atom stereocenters. The molecule has 0 heterocycles. The van der Waals surface area contributed by atoms with Crippen LogP contribution in [0.2, 0.25) is 0 Å². The molecule has 0 saturated heterocycles. The molecule has 0 radical (unpaired) electrons. The number of rotatable bonds is 0. The lowest BCUT2D eigenvalue weighted by molar-refractivity contribution is -0.849. The Morgan fingerprint density at radius 1 is 0.760 bits per heavy atom. The number of quaternary nitrogens is 2. The molecule has 0 amide bonds. The summed E-state index contributed by atoms with van der Waals surface area (Å²) in [6.45, 7) is 0. The smallest absolute Gasteiger partial charge is 0.485 e. The van der Waals surface area contributed by atoms with Crippen LogP contribution < -0.4 is 5.11 Å². The van der Waals surface area contributed by atoms with E-state index >= 15 is 0 Å². The summed E-state index contributed by atoms with van der Waals surface area (Å²) >= 11 is 0. The molecule has 156 valence electrons. The highest BCUT2D eigenvalue weighted by Crippen LogP contribution is 2.20. The van der Waals surface area contributed by atoms with E-state index in [-0.39, 0.29) is 0 Å². The Kier molecular flexibility index (Phi) is 13.6. The van der Waals surface area contributed by atoms with E-state index in [0.29, 0.717) is 0 Å². The van der Waals surface area contributed by atoms with Crippen molar-refractivity contribution in [2.45, 2.75) is 11.7 Å². The van der Waals surface area contributed by atoms with Crippen LogP contribution in [0.1, 0.15) is 0 Å². The second-order valence-electron chi connectivity index (χ2n) is 7.05. The number of carboxylic acids is 1. The molecule has 25 heavy (non-hydrogen) atoms. The molecule has 0 rings (SSSR count). The zero-order chi connectivity index (χ0) is 22.1. The van der Waals surface area contributed by atoms with Crippen molar-refractivity contribution in [1.82, 2.24) is 0 Å². The van der Waals surface area contributed by atoms with Crippen LogP contribution in [0.5, 0.6) is 0 Å². The maximum Gasteiger partial charge on any atom is 0.485 e. The molecule has 0 N–H and O–H groups in total. The van der Waals surface area contributed by atoms with Crippen molar-refractivity contribution < 1.29 is 58.2 Å². The fourth-order valence-electron chi connectivity index (χ4n) is 0. The summed E-state index contributed by atoms with van der Waals surface area (Å²) in [5, 5.41) is 8.78. The van der Waals surface area contributed by atoms with Crippen molar-refractivity contribution in [2.75, 3.05) is 56.4 Å². The van der Waals surface area contributed by atoms with Gasteiger partial charge in [0.05, 0.1) is 56.4 Å². The Morgan fingerprint density at radius 3 is 0.840 bits per heavy atom. The van der Waals surface area contributed by atoms with Gasteiger partial charge in [0.25, 0.3) is 0 Å². The van der Waals surface area contributed by atoms with Gasteiger partial charge < -0.3 is 23.4 Å².